The van der Waals surface area contributed by atoms with Crippen LogP contribution in [0.15, 0.2) is 42.5 Å². The van der Waals surface area contributed by atoms with Gasteiger partial charge in [-0.05, 0) is 23.8 Å². The predicted octanol–water partition coefficient (Wildman–Crippen LogP) is 3.72. The van der Waals surface area contributed by atoms with E-state index in [1.807, 2.05) is 30.3 Å². The fraction of sp³-hybridized carbons (Fsp3) is 0.0769. The van der Waals surface area contributed by atoms with Gasteiger partial charge < -0.3 is 9.84 Å². The Bertz CT molecular complexity index is 509. The topological polar surface area (TPSA) is 29.5 Å². The van der Waals surface area contributed by atoms with Gasteiger partial charge in [-0.3, -0.25) is 0 Å². The standard InChI is InChI=1S/C13H11ClO2/c1-16-11-7-9(6-10(15)8-11)12-4-2-3-5-13(12)14/h2-8,15H,1H3. The number of methoxy groups -OCH3 is 1. The summed E-state index contributed by atoms with van der Waals surface area (Å²) in [4.78, 5) is 0. The predicted molar refractivity (Wildman–Crippen MR) is 65.1 cm³/mol. The van der Waals surface area contributed by atoms with Crippen LogP contribution in [0.3, 0.4) is 0 Å². The molecule has 0 amide bonds. The summed E-state index contributed by atoms with van der Waals surface area (Å²) >= 11 is 6.08. The number of halogens is 1. The van der Waals surface area contributed by atoms with Gasteiger partial charge in [0.25, 0.3) is 0 Å². The number of hydrogen-bond acceptors (Lipinski definition) is 2. The average molecular weight is 235 g/mol. The van der Waals surface area contributed by atoms with Crippen molar-refractivity contribution in [2.45, 2.75) is 0 Å². The second-order valence-electron chi connectivity index (χ2n) is 3.40. The summed E-state index contributed by atoms with van der Waals surface area (Å²) in [6.07, 6.45) is 0. The molecular weight excluding hydrogens is 224 g/mol. The number of benzene rings is 2. The first-order valence-electron chi connectivity index (χ1n) is 4.83. The smallest absolute Gasteiger partial charge is 0.123 e. The lowest BCUT2D eigenvalue weighted by Gasteiger charge is -2.07. The molecule has 1 N–H and O–H groups in total. The van der Waals surface area contributed by atoms with Gasteiger partial charge in [-0.1, -0.05) is 29.8 Å². The zero-order chi connectivity index (χ0) is 11.5. The van der Waals surface area contributed by atoms with Gasteiger partial charge in [0.2, 0.25) is 0 Å². The zero-order valence-corrected chi connectivity index (χ0v) is 9.53. The first kappa shape index (κ1) is 10.8. The number of aromatic hydroxyl groups is 1. The first-order chi connectivity index (χ1) is 7.70. The van der Waals surface area contributed by atoms with E-state index < -0.39 is 0 Å². The van der Waals surface area contributed by atoms with Gasteiger partial charge in [-0.15, -0.1) is 0 Å². The van der Waals surface area contributed by atoms with Crippen molar-refractivity contribution >= 4 is 11.6 Å². The minimum Gasteiger partial charge on any atom is -0.508 e. The minimum atomic E-state index is 0.161. The number of phenols is 1. The summed E-state index contributed by atoms with van der Waals surface area (Å²) in [6.45, 7) is 0. The molecule has 0 aliphatic heterocycles. The van der Waals surface area contributed by atoms with Crippen LogP contribution in [-0.2, 0) is 0 Å². The normalized spacial score (nSPS) is 10.1. The van der Waals surface area contributed by atoms with Crippen molar-refractivity contribution in [2.75, 3.05) is 7.11 Å². The highest BCUT2D eigenvalue weighted by Crippen LogP contribution is 2.32. The third-order valence-electron chi connectivity index (χ3n) is 2.31. The molecule has 3 heteroatoms. The van der Waals surface area contributed by atoms with Crippen LogP contribution in [-0.4, -0.2) is 12.2 Å². The van der Waals surface area contributed by atoms with E-state index in [0.717, 1.165) is 11.1 Å². The van der Waals surface area contributed by atoms with E-state index in [-0.39, 0.29) is 5.75 Å². The fourth-order valence-electron chi connectivity index (χ4n) is 1.55. The molecule has 0 bridgehead atoms. The van der Waals surface area contributed by atoms with Gasteiger partial charge in [-0.2, -0.15) is 0 Å². The Kier molecular flexibility index (Phi) is 3.02. The molecule has 0 aromatic heterocycles. The Morgan fingerprint density at radius 3 is 2.56 bits per heavy atom. The van der Waals surface area contributed by atoms with Crippen molar-refractivity contribution in [1.29, 1.82) is 0 Å². The van der Waals surface area contributed by atoms with E-state index in [1.54, 1.807) is 19.2 Å². The molecule has 0 fully saturated rings. The summed E-state index contributed by atoms with van der Waals surface area (Å²) in [5.74, 6) is 0.768. The highest BCUT2D eigenvalue weighted by atomic mass is 35.5. The molecule has 2 aromatic carbocycles. The minimum absolute atomic E-state index is 0.161. The van der Waals surface area contributed by atoms with Crippen LogP contribution >= 0.6 is 11.6 Å². The van der Waals surface area contributed by atoms with Crippen molar-refractivity contribution in [3.05, 3.63) is 47.5 Å². The molecular formula is C13H11ClO2. The second kappa shape index (κ2) is 4.45. The zero-order valence-electron chi connectivity index (χ0n) is 8.77. The quantitative estimate of drug-likeness (QED) is 0.858. The molecule has 0 unspecified atom stereocenters. The SMILES string of the molecule is COc1cc(O)cc(-c2ccccc2Cl)c1. The van der Waals surface area contributed by atoms with Crippen LogP contribution in [0.5, 0.6) is 11.5 Å². The molecule has 0 radical (unpaired) electrons. The van der Waals surface area contributed by atoms with Crippen LogP contribution in [0.25, 0.3) is 11.1 Å². The highest BCUT2D eigenvalue weighted by Gasteiger charge is 2.05. The van der Waals surface area contributed by atoms with Crippen molar-refractivity contribution < 1.29 is 9.84 Å². The molecule has 0 aliphatic rings. The molecule has 0 spiro atoms. The lowest BCUT2D eigenvalue weighted by Crippen LogP contribution is -1.85. The summed E-state index contributed by atoms with van der Waals surface area (Å²) in [5.41, 5.74) is 1.71. The molecule has 2 nitrogen and oxygen atoms in total. The van der Waals surface area contributed by atoms with Crippen LogP contribution in [0.1, 0.15) is 0 Å². The maximum atomic E-state index is 9.55. The largest absolute Gasteiger partial charge is 0.508 e. The van der Waals surface area contributed by atoms with Gasteiger partial charge in [0.05, 0.1) is 7.11 Å². The van der Waals surface area contributed by atoms with Crippen molar-refractivity contribution in [3.63, 3.8) is 0 Å². The molecule has 2 rings (SSSR count). The summed E-state index contributed by atoms with van der Waals surface area (Å²) in [7, 11) is 1.56. The molecule has 0 aliphatic carbocycles. The maximum Gasteiger partial charge on any atom is 0.123 e. The lowest BCUT2D eigenvalue weighted by atomic mass is 10.1. The van der Waals surface area contributed by atoms with Crippen molar-refractivity contribution in [2.24, 2.45) is 0 Å². The van der Waals surface area contributed by atoms with Crippen LogP contribution in [0.2, 0.25) is 5.02 Å². The third-order valence-corrected chi connectivity index (χ3v) is 2.64. The Morgan fingerprint density at radius 1 is 1.12 bits per heavy atom. The van der Waals surface area contributed by atoms with E-state index in [0.29, 0.717) is 10.8 Å². The van der Waals surface area contributed by atoms with Gasteiger partial charge in [0.15, 0.2) is 0 Å². The van der Waals surface area contributed by atoms with Gasteiger partial charge in [0.1, 0.15) is 11.5 Å². The van der Waals surface area contributed by atoms with Gasteiger partial charge >= 0.3 is 0 Å². The van der Waals surface area contributed by atoms with Gasteiger partial charge in [-0.25, -0.2) is 0 Å². The molecule has 0 saturated heterocycles. The Hall–Kier alpha value is -1.67. The highest BCUT2D eigenvalue weighted by molar-refractivity contribution is 6.33. The number of ether oxygens (including phenoxy) is 1. The Balaban J connectivity index is 2.56. The summed E-state index contributed by atoms with van der Waals surface area (Å²) in [5, 5.41) is 10.2. The Morgan fingerprint density at radius 2 is 1.88 bits per heavy atom. The third kappa shape index (κ3) is 2.12. The van der Waals surface area contributed by atoms with Crippen molar-refractivity contribution in [3.8, 4) is 22.6 Å². The van der Waals surface area contributed by atoms with E-state index >= 15 is 0 Å². The first-order valence-corrected chi connectivity index (χ1v) is 5.21. The molecule has 0 atom stereocenters. The van der Waals surface area contributed by atoms with Crippen LogP contribution in [0.4, 0.5) is 0 Å². The fourth-order valence-corrected chi connectivity index (χ4v) is 1.80. The summed E-state index contributed by atoms with van der Waals surface area (Å²) < 4.78 is 5.09. The van der Waals surface area contributed by atoms with E-state index in [1.165, 1.54) is 0 Å². The summed E-state index contributed by atoms with van der Waals surface area (Å²) in [6, 6.07) is 12.5. The molecule has 0 saturated carbocycles. The molecule has 82 valence electrons. The molecule has 16 heavy (non-hydrogen) atoms. The maximum absolute atomic E-state index is 9.55. The van der Waals surface area contributed by atoms with E-state index in [4.69, 9.17) is 16.3 Å². The van der Waals surface area contributed by atoms with E-state index in [2.05, 4.69) is 0 Å². The molecule has 2 aromatic rings. The van der Waals surface area contributed by atoms with Crippen molar-refractivity contribution in [1.82, 2.24) is 0 Å². The second-order valence-corrected chi connectivity index (χ2v) is 3.81. The lowest BCUT2D eigenvalue weighted by molar-refractivity contribution is 0.408. The number of hydrogen-bond donors (Lipinski definition) is 1. The number of phenolic OH excluding ortho intramolecular Hbond substituents is 1. The number of rotatable bonds is 2. The molecule has 0 heterocycles. The van der Waals surface area contributed by atoms with Crippen LogP contribution in [0, 0.1) is 0 Å². The monoisotopic (exact) mass is 234 g/mol. The average Bonchev–Trinajstić information content (AvgIpc) is 2.28. The van der Waals surface area contributed by atoms with Gasteiger partial charge in [0, 0.05) is 16.7 Å². The van der Waals surface area contributed by atoms with Crippen LogP contribution < -0.4 is 4.74 Å². The van der Waals surface area contributed by atoms with E-state index in [9.17, 15) is 5.11 Å². The Labute approximate surface area is 99.1 Å².